The Labute approximate surface area is 160 Å². The van der Waals surface area contributed by atoms with E-state index in [1.807, 2.05) is 23.1 Å². The Bertz CT molecular complexity index is 690. The molecule has 2 atom stereocenters. The first-order chi connectivity index (χ1) is 13.1. The fourth-order valence-corrected chi connectivity index (χ4v) is 5.05. The van der Waals surface area contributed by atoms with E-state index in [0.717, 1.165) is 57.8 Å². The topological polar surface area (TPSA) is 77.0 Å². The molecule has 1 aromatic rings. The smallest absolute Gasteiger partial charge is 0.311 e. The lowest BCUT2D eigenvalue weighted by molar-refractivity contribution is -0.149. The summed E-state index contributed by atoms with van der Waals surface area (Å²) >= 11 is 0. The van der Waals surface area contributed by atoms with Crippen molar-refractivity contribution in [1.29, 1.82) is 0 Å². The molecule has 146 valence electrons. The third-order valence-electron chi connectivity index (χ3n) is 6.61. The number of hydrogen-bond donors (Lipinski definition) is 1. The molecule has 3 aliphatic rings. The molecule has 7 nitrogen and oxygen atoms in total. The highest BCUT2D eigenvalue weighted by Gasteiger charge is 2.54. The molecule has 1 aliphatic carbocycles. The minimum atomic E-state index is -0.649. The fourth-order valence-electron chi connectivity index (χ4n) is 5.05. The van der Waals surface area contributed by atoms with E-state index in [1.165, 1.54) is 0 Å². The van der Waals surface area contributed by atoms with Crippen molar-refractivity contribution in [3.63, 3.8) is 0 Å². The number of rotatable bonds is 5. The molecule has 2 saturated heterocycles. The monoisotopic (exact) mass is 372 g/mol. The number of hydrogen-bond acceptors (Lipinski definition) is 5. The molecule has 1 aromatic heterocycles. The quantitative estimate of drug-likeness (QED) is 0.840. The average molecular weight is 372 g/mol. The van der Waals surface area contributed by atoms with Gasteiger partial charge in [-0.15, -0.1) is 0 Å². The number of carboxylic acids is 1. The maximum Gasteiger partial charge on any atom is 0.311 e. The summed E-state index contributed by atoms with van der Waals surface area (Å²) in [5.41, 5.74) is -0.558. The van der Waals surface area contributed by atoms with Gasteiger partial charge in [0.2, 0.25) is 5.91 Å². The zero-order valence-electron chi connectivity index (χ0n) is 15.7. The van der Waals surface area contributed by atoms with Crippen LogP contribution in [0.5, 0.6) is 0 Å². The van der Waals surface area contributed by atoms with Crippen LogP contribution in [0.1, 0.15) is 25.7 Å². The molecular formula is C20H28N4O3. The van der Waals surface area contributed by atoms with Crippen LogP contribution in [0.2, 0.25) is 0 Å². The Hall–Kier alpha value is -2.15. The molecule has 2 aliphatic heterocycles. The van der Waals surface area contributed by atoms with Crippen LogP contribution >= 0.6 is 0 Å². The first-order valence-electron chi connectivity index (χ1n) is 9.98. The second-order valence-electron chi connectivity index (χ2n) is 8.09. The highest BCUT2D eigenvalue weighted by molar-refractivity contribution is 5.77. The van der Waals surface area contributed by atoms with Crippen LogP contribution in [0.4, 0.5) is 5.82 Å². The van der Waals surface area contributed by atoms with E-state index in [0.29, 0.717) is 19.5 Å². The highest BCUT2D eigenvalue weighted by Crippen LogP contribution is 2.48. The predicted molar refractivity (Wildman–Crippen MR) is 101 cm³/mol. The zero-order valence-corrected chi connectivity index (χ0v) is 15.7. The number of piperazine rings is 1. The second kappa shape index (κ2) is 7.46. The largest absolute Gasteiger partial charge is 0.481 e. The van der Waals surface area contributed by atoms with E-state index in [-0.39, 0.29) is 11.8 Å². The second-order valence-corrected chi connectivity index (χ2v) is 8.09. The van der Waals surface area contributed by atoms with Crippen molar-refractivity contribution < 1.29 is 14.7 Å². The molecule has 1 N–H and O–H groups in total. The maximum absolute atomic E-state index is 12.6. The number of carbonyl (C=O) groups excluding carboxylic acids is 1. The highest BCUT2D eigenvalue weighted by atomic mass is 16.4. The molecule has 7 heteroatoms. The van der Waals surface area contributed by atoms with E-state index >= 15 is 0 Å². The third-order valence-corrected chi connectivity index (χ3v) is 6.61. The molecule has 3 heterocycles. The number of pyridine rings is 1. The Kier molecular flexibility index (Phi) is 5.04. The van der Waals surface area contributed by atoms with Crippen molar-refractivity contribution in [2.45, 2.75) is 25.7 Å². The number of anilines is 1. The number of carbonyl (C=O) groups is 2. The molecule has 1 saturated carbocycles. The van der Waals surface area contributed by atoms with E-state index in [4.69, 9.17) is 0 Å². The average Bonchev–Trinajstić information content (AvgIpc) is 3.25. The van der Waals surface area contributed by atoms with Crippen molar-refractivity contribution in [2.24, 2.45) is 11.3 Å². The molecule has 4 rings (SSSR count). The lowest BCUT2D eigenvalue weighted by atomic mass is 9.81. The van der Waals surface area contributed by atoms with Gasteiger partial charge in [-0.1, -0.05) is 12.5 Å². The van der Waals surface area contributed by atoms with Crippen LogP contribution in [0, 0.1) is 11.3 Å². The molecule has 0 bridgehead atoms. The molecule has 0 radical (unpaired) electrons. The Balaban J connectivity index is 1.25. The van der Waals surface area contributed by atoms with Crippen LogP contribution in [-0.2, 0) is 9.59 Å². The van der Waals surface area contributed by atoms with Crippen molar-refractivity contribution in [2.75, 3.05) is 50.7 Å². The van der Waals surface area contributed by atoms with Gasteiger partial charge < -0.3 is 19.8 Å². The van der Waals surface area contributed by atoms with Crippen LogP contribution < -0.4 is 4.90 Å². The van der Waals surface area contributed by atoms with Gasteiger partial charge >= 0.3 is 5.97 Å². The van der Waals surface area contributed by atoms with Crippen molar-refractivity contribution in [3.05, 3.63) is 24.4 Å². The van der Waals surface area contributed by atoms with Gasteiger partial charge in [0.25, 0.3) is 0 Å². The summed E-state index contributed by atoms with van der Waals surface area (Å²) in [4.78, 5) is 35.1. The summed E-state index contributed by atoms with van der Waals surface area (Å²) in [6.45, 7) is 5.15. The number of fused-ring (bicyclic) bond motifs is 1. The summed E-state index contributed by atoms with van der Waals surface area (Å²) in [7, 11) is 0. The minimum absolute atomic E-state index is 0.178. The Morgan fingerprint density at radius 2 is 2.04 bits per heavy atom. The predicted octanol–water partition coefficient (Wildman–Crippen LogP) is 1.31. The van der Waals surface area contributed by atoms with Gasteiger partial charge in [-0.25, -0.2) is 4.98 Å². The number of carboxylic acid groups (broad SMARTS) is 1. The summed E-state index contributed by atoms with van der Waals surface area (Å²) < 4.78 is 0. The molecule has 3 fully saturated rings. The number of amides is 1. The molecule has 1 amide bonds. The van der Waals surface area contributed by atoms with E-state index < -0.39 is 11.4 Å². The standard InChI is InChI=1S/C20H28N4O3/c25-18(24-12-10-23(11-13-24)17-5-1-2-8-21-17)6-9-22-14-16-4-3-7-20(16,15-22)19(26)27/h1-2,5,8,16H,3-4,6-7,9-15H2,(H,26,27)/t16-,20+/m0/s1. The number of aliphatic carboxylic acids is 1. The Morgan fingerprint density at radius 3 is 2.70 bits per heavy atom. The maximum atomic E-state index is 12.6. The molecule has 0 aromatic carbocycles. The van der Waals surface area contributed by atoms with Crippen molar-refractivity contribution >= 4 is 17.7 Å². The van der Waals surface area contributed by atoms with Crippen LogP contribution in [0.25, 0.3) is 0 Å². The number of likely N-dealkylation sites (tertiary alicyclic amines) is 1. The lowest BCUT2D eigenvalue weighted by Crippen LogP contribution is -2.49. The van der Waals surface area contributed by atoms with E-state index in [1.54, 1.807) is 6.20 Å². The first-order valence-corrected chi connectivity index (χ1v) is 9.98. The van der Waals surface area contributed by atoms with E-state index in [9.17, 15) is 14.7 Å². The summed E-state index contributed by atoms with van der Waals surface area (Å²) in [5, 5.41) is 9.68. The van der Waals surface area contributed by atoms with E-state index in [2.05, 4.69) is 14.8 Å². The third kappa shape index (κ3) is 3.52. The van der Waals surface area contributed by atoms with Crippen molar-refractivity contribution in [3.8, 4) is 0 Å². The van der Waals surface area contributed by atoms with Crippen LogP contribution in [0.3, 0.4) is 0 Å². The van der Waals surface area contributed by atoms with Gasteiger partial charge in [-0.2, -0.15) is 0 Å². The molecule has 0 unspecified atom stereocenters. The van der Waals surface area contributed by atoms with Gasteiger partial charge in [0, 0.05) is 58.4 Å². The minimum Gasteiger partial charge on any atom is -0.481 e. The molecule has 0 spiro atoms. The molecular weight excluding hydrogens is 344 g/mol. The first kappa shape index (κ1) is 18.2. The summed E-state index contributed by atoms with van der Waals surface area (Å²) in [6, 6.07) is 5.89. The zero-order chi connectivity index (χ0) is 18.9. The fraction of sp³-hybridized carbons (Fsp3) is 0.650. The molecule has 27 heavy (non-hydrogen) atoms. The van der Waals surface area contributed by atoms with Gasteiger partial charge in [0.1, 0.15) is 5.82 Å². The number of nitrogens with zero attached hydrogens (tertiary/aromatic N) is 4. The van der Waals surface area contributed by atoms with Crippen LogP contribution in [-0.4, -0.2) is 77.6 Å². The van der Waals surface area contributed by atoms with Gasteiger partial charge in [-0.3, -0.25) is 9.59 Å². The lowest BCUT2D eigenvalue weighted by Gasteiger charge is -2.35. The van der Waals surface area contributed by atoms with Gasteiger partial charge in [0.15, 0.2) is 0 Å². The normalized spacial score (nSPS) is 28.4. The SMILES string of the molecule is O=C(CCN1C[C@@H]2CCC[C@@]2(C(=O)O)C1)N1CCN(c2ccccn2)CC1. The van der Waals surface area contributed by atoms with Crippen molar-refractivity contribution in [1.82, 2.24) is 14.8 Å². The summed E-state index contributed by atoms with van der Waals surface area (Å²) in [5.74, 6) is 0.751. The van der Waals surface area contributed by atoms with Gasteiger partial charge in [-0.05, 0) is 30.9 Å². The van der Waals surface area contributed by atoms with Gasteiger partial charge in [0.05, 0.1) is 5.41 Å². The Morgan fingerprint density at radius 1 is 1.22 bits per heavy atom. The summed E-state index contributed by atoms with van der Waals surface area (Å²) in [6.07, 6.45) is 5.08. The van der Waals surface area contributed by atoms with Crippen LogP contribution in [0.15, 0.2) is 24.4 Å². The number of aromatic nitrogens is 1.